The largest absolute Gasteiger partial charge is 0.328 e. The molecule has 0 fully saturated rings. The van der Waals surface area contributed by atoms with Crippen molar-refractivity contribution < 1.29 is 4.79 Å². The summed E-state index contributed by atoms with van der Waals surface area (Å²) in [4.78, 5) is 12.9. The van der Waals surface area contributed by atoms with E-state index in [4.69, 9.17) is 5.73 Å². The number of nitrogens with one attached hydrogen (secondary N) is 1. The minimum atomic E-state index is 0.000510. The zero-order chi connectivity index (χ0) is 16.1. The quantitative estimate of drug-likeness (QED) is 0.845. The second-order valence-electron chi connectivity index (χ2n) is 5.23. The molecular weight excluding hydrogens is 316 g/mol. The van der Waals surface area contributed by atoms with Gasteiger partial charge in [0.15, 0.2) is 4.34 Å². The van der Waals surface area contributed by atoms with E-state index in [1.807, 2.05) is 39.0 Å². The molecule has 0 radical (unpaired) electrons. The minimum absolute atomic E-state index is 0.000510. The number of carbonyl (C=O) groups excluding carboxylic acids is 1. The van der Waals surface area contributed by atoms with Crippen LogP contribution in [0.1, 0.15) is 30.3 Å². The molecule has 0 aliphatic carbocycles. The fourth-order valence-corrected chi connectivity index (χ4v) is 3.72. The van der Waals surface area contributed by atoms with Crippen LogP contribution in [0.15, 0.2) is 27.4 Å². The summed E-state index contributed by atoms with van der Waals surface area (Å²) in [6.45, 7) is 5.82. The molecule has 22 heavy (non-hydrogen) atoms. The van der Waals surface area contributed by atoms with Crippen molar-refractivity contribution in [3.63, 3.8) is 0 Å². The van der Waals surface area contributed by atoms with Crippen LogP contribution in [0.4, 0.5) is 5.69 Å². The van der Waals surface area contributed by atoms with Gasteiger partial charge < -0.3 is 11.1 Å². The second kappa shape index (κ2) is 7.71. The summed E-state index contributed by atoms with van der Waals surface area (Å²) >= 11 is 3.15. The van der Waals surface area contributed by atoms with Gasteiger partial charge in [0, 0.05) is 23.0 Å². The van der Waals surface area contributed by atoms with Gasteiger partial charge in [-0.1, -0.05) is 23.1 Å². The predicted octanol–water partition coefficient (Wildman–Crippen LogP) is 3.37. The third kappa shape index (κ3) is 5.08. The molecule has 7 heteroatoms. The molecule has 0 spiro atoms. The Morgan fingerprint density at radius 2 is 2.18 bits per heavy atom. The van der Waals surface area contributed by atoms with Gasteiger partial charge in [-0.3, -0.25) is 4.79 Å². The van der Waals surface area contributed by atoms with Crippen LogP contribution >= 0.6 is 23.1 Å². The van der Waals surface area contributed by atoms with Crippen LogP contribution in [0.3, 0.4) is 0 Å². The number of amides is 1. The Balaban J connectivity index is 1.98. The van der Waals surface area contributed by atoms with Crippen molar-refractivity contribution in [1.82, 2.24) is 10.2 Å². The topological polar surface area (TPSA) is 80.9 Å². The number of aromatic nitrogens is 2. The molecule has 1 aromatic carbocycles. The van der Waals surface area contributed by atoms with E-state index in [-0.39, 0.29) is 11.9 Å². The first-order valence-electron chi connectivity index (χ1n) is 7.08. The highest BCUT2D eigenvalue weighted by atomic mass is 32.2. The fraction of sp³-hybridized carbons (Fsp3) is 0.400. The van der Waals surface area contributed by atoms with E-state index in [9.17, 15) is 4.79 Å². The molecule has 0 saturated carbocycles. The molecule has 2 rings (SSSR count). The van der Waals surface area contributed by atoms with E-state index in [1.54, 1.807) is 23.1 Å². The molecule has 3 N–H and O–H groups in total. The van der Waals surface area contributed by atoms with Gasteiger partial charge in [-0.2, -0.15) is 0 Å². The predicted molar refractivity (Wildman–Crippen MR) is 91.5 cm³/mol. The van der Waals surface area contributed by atoms with Gasteiger partial charge in [0.05, 0.1) is 0 Å². The molecule has 1 amide bonds. The van der Waals surface area contributed by atoms with Gasteiger partial charge in [-0.05, 0) is 51.0 Å². The molecular formula is C15H20N4OS2. The van der Waals surface area contributed by atoms with Crippen LogP contribution in [-0.2, 0) is 4.79 Å². The Kier molecular flexibility index (Phi) is 5.93. The summed E-state index contributed by atoms with van der Waals surface area (Å²) in [5.41, 5.74) is 7.53. The molecule has 0 saturated heterocycles. The van der Waals surface area contributed by atoms with E-state index in [1.165, 1.54) is 0 Å². The lowest BCUT2D eigenvalue weighted by molar-refractivity contribution is -0.116. The Hall–Kier alpha value is -1.44. The van der Waals surface area contributed by atoms with Gasteiger partial charge in [0.25, 0.3) is 0 Å². The highest BCUT2D eigenvalue weighted by Crippen LogP contribution is 2.32. The van der Waals surface area contributed by atoms with Gasteiger partial charge >= 0.3 is 0 Å². The Morgan fingerprint density at radius 3 is 2.77 bits per heavy atom. The van der Waals surface area contributed by atoms with Crippen molar-refractivity contribution in [2.45, 2.75) is 48.9 Å². The first-order valence-corrected chi connectivity index (χ1v) is 8.71. The molecule has 0 aliphatic heterocycles. The average molecular weight is 336 g/mol. The van der Waals surface area contributed by atoms with E-state index >= 15 is 0 Å². The Bertz CT molecular complexity index is 655. The number of carbonyl (C=O) groups is 1. The van der Waals surface area contributed by atoms with Crippen molar-refractivity contribution in [3.8, 4) is 0 Å². The molecule has 1 heterocycles. The monoisotopic (exact) mass is 336 g/mol. The van der Waals surface area contributed by atoms with Gasteiger partial charge in [-0.15, -0.1) is 10.2 Å². The Morgan fingerprint density at radius 1 is 1.41 bits per heavy atom. The molecule has 1 aromatic heterocycles. The fourth-order valence-electron chi connectivity index (χ4n) is 1.83. The van der Waals surface area contributed by atoms with E-state index in [0.29, 0.717) is 12.8 Å². The van der Waals surface area contributed by atoms with Crippen molar-refractivity contribution in [2.24, 2.45) is 5.73 Å². The highest BCUT2D eigenvalue weighted by Gasteiger charge is 2.08. The number of nitrogens with two attached hydrogens (primary N) is 1. The van der Waals surface area contributed by atoms with Crippen molar-refractivity contribution in [3.05, 3.63) is 28.8 Å². The van der Waals surface area contributed by atoms with Crippen LogP contribution in [0.25, 0.3) is 0 Å². The minimum Gasteiger partial charge on any atom is -0.328 e. The van der Waals surface area contributed by atoms with Gasteiger partial charge in [0.2, 0.25) is 5.91 Å². The van der Waals surface area contributed by atoms with Crippen molar-refractivity contribution >= 4 is 34.7 Å². The molecule has 1 unspecified atom stereocenters. The van der Waals surface area contributed by atoms with Gasteiger partial charge in [0.1, 0.15) is 5.01 Å². The SMILES string of the molecule is Cc1nnc(Sc2ccc(NC(=O)CCC(C)N)c(C)c2)s1. The third-order valence-corrected chi connectivity index (χ3v) is 4.89. The van der Waals surface area contributed by atoms with E-state index < -0.39 is 0 Å². The first-order chi connectivity index (χ1) is 10.4. The van der Waals surface area contributed by atoms with Crippen LogP contribution in [0.2, 0.25) is 0 Å². The molecule has 0 bridgehead atoms. The molecule has 118 valence electrons. The first kappa shape index (κ1) is 16.9. The van der Waals surface area contributed by atoms with Crippen LogP contribution in [-0.4, -0.2) is 22.1 Å². The molecule has 0 aliphatic rings. The third-order valence-electron chi connectivity index (χ3n) is 3.01. The number of hydrogen-bond donors (Lipinski definition) is 2. The summed E-state index contributed by atoms with van der Waals surface area (Å²) < 4.78 is 0.922. The summed E-state index contributed by atoms with van der Waals surface area (Å²) in [5, 5.41) is 12.0. The summed E-state index contributed by atoms with van der Waals surface area (Å²) in [6.07, 6.45) is 1.13. The summed E-state index contributed by atoms with van der Waals surface area (Å²) in [6, 6.07) is 5.99. The number of rotatable bonds is 6. The molecule has 1 atom stereocenters. The summed E-state index contributed by atoms with van der Waals surface area (Å²) in [5.74, 6) is 0.000510. The van der Waals surface area contributed by atoms with Crippen LogP contribution in [0, 0.1) is 13.8 Å². The maximum Gasteiger partial charge on any atom is 0.224 e. The highest BCUT2D eigenvalue weighted by molar-refractivity contribution is 8.01. The standard InChI is InChI=1S/C15H20N4OS2/c1-9-8-12(22-15-19-18-11(3)21-15)5-6-13(9)17-14(20)7-4-10(2)16/h5-6,8,10H,4,7,16H2,1-3H3,(H,17,20). The number of hydrogen-bond acceptors (Lipinski definition) is 6. The van der Waals surface area contributed by atoms with Crippen molar-refractivity contribution in [2.75, 3.05) is 5.32 Å². The van der Waals surface area contributed by atoms with E-state index in [2.05, 4.69) is 15.5 Å². The van der Waals surface area contributed by atoms with E-state index in [0.717, 1.165) is 25.5 Å². The lowest BCUT2D eigenvalue weighted by Crippen LogP contribution is -2.19. The number of anilines is 1. The molecule has 5 nitrogen and oxygen atoms in total. The number of nitrogens with zero attached hydrogens (tertiary/aromatic N) is 2. The van der Waals surface area contributed by atoms with Gasteiger partial charge in [-0.25, -0.2) is 0 Å². The maximum absolute atomic E-state index is 11.9. The van der Waals surface area contributed by atoms with Crippen molar-refractivity contribution in [1.29, 1.82) is 0 Å². The second-order valence-corrected chi connectivity index (χ2v) is 7.73. The average Bonchev–Trinajstić information content (AvgIpc) is 2.85. The summed E-state index contributed by atoms with van der Waals surface area (Å²) in [7, 11) is 0. The zero-order valence-electron chi connectivity index (χ0n) is 12.9. The lowest BCUT2D eigenvalue weighted by atomic mass is 10.1. The normalized spacial score (nSPS) is 12.2. The van der Waals surface area contributed by atoms with Crippen LogP contribution < -0.4 is 11.1 Å². The smallest absolute Gasteiger partial charge is 0.224 e. The van der Waals surface area contributed by atoms with Crippen LogP contribution in [0.5, 0.6) is 0 Å². The maximum atomic E-state index is 11.9. The number of aryl methyl sites for hydroxylation is 2. The Labute approximate surface area is 138 Å². The number of benzene rings is 1. The molecule has 2 aromatic rings. The lowest BCUT2D eigenvalue weighted by Gasteiger charge is -2.10. The zero-order valence-corrected chi connectivity index (χ0v) is 14.6.